The fraction of sp³-hybridized carbons (Fsp3) is 0.278. The first-order valence-corrected chi connectivity index (χ1v) is 7.73. The number of amides is 1. The number of esters is 1. The number of hydrogen-bond acceptors (Lipinski definition) is 4. The van der Waals surface area contributed by atoms with Crippen molar-refractivity contribution in [3.63, 3.8) is 0 Å². The van der Waals surface area contributed by atoms with E-state index in [0.29, 0.717) is 17.9 Å². The zero-order valence-corrected chi connectivity index (χ0v) is 14.1. The summed E-state index contributed by atoms with van der Waals surface area (Å²) < 4.78 is 5.07. The molecule has 3 rings (SSSR count). The highest BCUT2D eigenvalue weighted by atomic mass is 16.5. The molecule has 0 fully saturated rings. The molecule has 0 atom stereocenters. The maximum absolute atomic E-state index is 12.2. The van der Waals surface area contributed by atoms with Crippen LogP contribution < -0.4 is 0 Å². The number of H-pyrrole nitrogens is 1. The minimum Gasteiger partial charge on any atom is -0.461 e. The van der Waals surface area contributed by atoms with E-state index < -0.39 is 5.97 Å². The standard InChI is InChI=1S/C18H19N3O3/c1-5-24-18(23)16-10(2)15-12-8-11(17(22)21(3)4)6-7-13(12)20-14(15)9-19-16/h6-9,20H,5H2,1-4H3. The van der Waals surface area contributed by atoms with Crippen molar-refractivity contribution in [3.8, 4) is 0 Å². The number of rotatable bonds is 3. The van der Waals surface area contributed by atoms with Gasteiger partial charge >= 0.3 is 5.97 Å². The monoisotopic (exact) mass is 325 g/mol. The Morgan fingerprint density at radius 2 is 2.00 bits per heavy atom. The third-order valence-corrected chi connectivity index (χ3v) is 4.00. The van der Waals surface area contributed by atoms with Gasteiger partial charge in [0.05, 0.1) is 18.3 Å². The number of aromatic amines is 1. The zero-order valence-electron chi connectivity index (χ0n) is 14.1. The average Bonchev–Trinajstić information content (AvgIpc) is 2.92. The number of nitrogens with zero attached hydrogens (tertiary/aromatic N) is 2. The molecule has 0 unspecified atom stereocenters. The van der Waals surface area contributed by atoms with Gasteiger partial charge in [-0.3, -0.25) is 4.79 Å². The van der Waals surface area contributed by atoms with Crippen LogP contribution in [0, 0.1) is 6.92 Å². The number of ether oxygens (including phenoxy) is 1. The highest BCUT2D eigenvalue weighted by Gasteiger charge is 2.18. The van der Waals surface area contributed by atoms with Gasteiger partial charge < -0.3 is 14.6 Å². The second kappa shape index (κ2) is 5.96. The molecule has 24 heavy (non-hydrogen) atoms. The summed E-state index contributed by atoms with van der Waals surface area (Å²) in [6.45, 7) is 3.90. The van der Waals surface area contributed by atoms with E-state index in [1.807, 2.05) is 19.1 Å². The van der Waals surface area contributed by atoms with E-state index in [2.05, 4.69) is 9.97 Å². The molecule has 0 saturated heterocycles. The van der Waals surface area contributed by atoms with Gasteiger partial charge in [-0.2, -0.15) is 0 Å². The van der Waals surface area contributed by atoms with Crippen molar-refractivity contribution in [1.82, 2.24) is 14.9 Å². The zero-order chi connectivity index (χ0) is 17.4. The predicted molar refractivity (Wildman–Crippen MR) is 92.3 cm³/mol. The number of fused-ring (bicyclic) bond motifs is 3. The number of aromatic nitrogens is 2. The van der Waals surface area contributed by atoms with Crippen LogP contribution in [0.15, 0.2) is 24.4 Å². The van der Waals surface area contributed by atoms with Crippen molar-refractivity contribution in [2.45, 2.75) is 13.8 Å². The van der Waals surface area contributed by atoms with E-state index in [0.717, 1.165) is 27.4 Å². The topological polar surface area (TPSA) is 75.3 Å². The molecular weight excluding hydrogens is 306 g/mol. The third kappa shape index (κ3) is 2.50. The smallest absolute Gasteiger partial charge is 0.357 e. The Kier molecular flexibility index (Phi) is 3.97. The molecule has 1 amide bonds. The highest BCUT2D eigenvalue weighted by Crippen LogP contribution is 2.30. The van der Waals surface area contributed by atoms with Crippen LogP contribution in [0.2, 0.25) is 0 Å². The third-order valence-electron chi connectivity index (χ3n) is 4.00. The van der Waals surface area contributed by atoms with Crippen LogP contribution in [0.3, 0.4) is 0 Å². The summed E-state index contributed by atoms with van der Waals surface area (Å²) in [5, 5.41) is 1.78. The van der Waals surface area contributed by atoms with Gasteiger partial charge in [-0.1, -0.05) is 0 Å². The summed E-state index contributed by atoms with van der Waals surface area (Å²) in [5.41, 5.74) is 3.36. The van der Waals surface area contributed by atoms with Gasteiger partial charge in [0.1, 0.15) is 0 Å². The van der Waals surface area contributed by atoms with Crippen LogP contribution in [-0.2, 0) is 4.74 Å². The maximum Gasteiger partial charge on any atom is 0.357 e. The molecule has 0 aliphatic rings. The predicted octanol–water partition coefficient (Wildman–Crippen LogP) is 2.90. The fourth-order valence-electron chi connectivity index (χ4n) is 2.85. The average molecular weight is 325 g/mol. The lowest BCUT2D eigenvalue weighted by molar-refractivity contribution is 0.0518. The number of pyridine rings is 1. The molecule has 1 N–H and O–H groups in total. The van der Waals surface area contributed by atoms with Crippen LogP contribution in [0.25, 0.3) is 21.8 Å². The van der Waals surface area contributed by atoms with Gasteiger partial charge in [-0.25, -0.2) is 9.78 Å². The SMILES string of the molecule is CCOC(=O)c1ncc2[nH]c3ccc(C(=O)N(C)C)cc3c2c1C. The molecule has 6 nitrogen and oxygen atoms in total. The van der Waals surface area contributed by atoms with Gasteiger partial charge in [-0.05, 0) is 37.6 Å². The van der Waals surface area contributed by atoms with E-state index in [1.165, 1.54) is 4.90 Å². The van der Waals surface area contributed by atoms with E-state index in [4.69, 9.17) is 4.74 Å². The second-order valence-corrected chi connectivity index (χ2v) is 5.83. The first-order valence-electron chi connectivity index (χ1n) is 7.73. The minimum absolute atomic E-state index is 0.0661. The van der Waals surface area contributed by atoms with Gasteiger partial charge in [0, 0.05) is 35.9 Å². The van der Waals surface area contributed by atoms with Crippen LogP contribution in [0.5, 0.6) is 0 Å². The summed E-state index contributed by atoms with van der Waals surface area (Å²) >= 11 is 0. The quantitative estimate of drug-likeness (QED) is 0.751. The normalized spacial score (nSPS) is 11.0. The Hall–Kier alpha value is -2.89. The Bertz CT molecular complexity index is 957. The molecule has 0 aliphatic carbocycles. The minimum atomic E-state index is -0.438. The van der Waals surface area contributed by atoms with Crippen molar-refractivity contribution in [1.29, 1.82) is 0 Å². The number of hydrogen-bond donors (Lipinski definition) is 1. The van der Waals surface area contributed by atoms with E-state index in [-0.39, 0.29) is 5.91 Å². The molecule has 124 valence electrons. The highest BCUT2D eigenvalue weighted by molar-refractivity contribution is 6.12. The van der Waals surface area contributed by atoms with E-state index in [1.54, 1.807) is 33.3 Å². The number of carbonyl (C=O) groups is 2. The lowest BCUT2D eigenvalue weighted by Crippen LogP contribution is -2.21. The Morgan fingerprint density at radius 3 is 2.67 bits per heavy atom. The van der Waals surface area contributed by atoms with Crippen LogP contribution in [0.1, 0.15) is 33.3 Å². The molecule has 0 aliphatic heterocycles. The molecular formula is C18H19N3O3. The largest absolute Gasteiger partial charge is 0.461 e. The molecule has 0 radical (unpaired) electrons. The summed E-state index contributed by atoms with van der Waals surface area (Å²) in [5.74, 6) is -0.504. The van der Waals surface area contributed by atoms with Gasteiger partial charge in [0.25, 0.3) is 5.91 Å². The van der Waals surface area contributed by atoms with Crippen LogP contribution >= 0.6 is 0 Å². The first-order chi connectivity index (χ1) is 11.4. The number of nitrogens with one attached hydrogen (secondary N) is 1. The fourth-order valence-corrected chi connectivity index (χ4v) is 2.85. The van der Waals surface area contributed by atoms with Crippen LogP contribution in [-0.4, -0.2) is 47.4 Å². The molecule has 6 heteroatoms. The molecule has 3 aromatic rings. The number of aryl methyl sites for hydroxylation is 1. The molecule has 1 aromatic carbocycles. The first kappa shape index (κ1) is 16.0. The summed E-state index contributed by atoms with van der Waals surface area (Å²) in [6.07, 6.45) is 1.63. The lowest BCUT2D eigenvalue weighted by Gasteiger charge is -2.10. The van der Waals surface area contributed by atoms with Crippen molar-refractivity contribution >= 4 is 33.7 Å². The molecule has 0 bridgehead atoms. The van der Waals surface area contributed by atoms with Crippen molar-refractivity contribution in [2.75, 3.05) is 20.7 Å². The van der Waals surface area contributed by atoms with Crippen molar-refractivity contribution in [2.24, 2.45) is 0 Å². The molecule has 2 aromatic heterocycles. The van der Waals surface area contributed by atoms with Crippen LogP contribution in [0.4, 0.5) is 0 Å². The lowest BCUT2D eigenvalue weighted by atomic mass is 10.0. The van der Waals surface area contributed by atoms with Crippen molar-refractivity contribution in [3.05, 3.63) is 41.2 Å². The molecule has 2 heterocycles. The number of benzene rings is 1. The Labute approximate surface area is 139 Å². The van der Waals surface area contributed by atoms with Gasteiger partial charge in [0.15, 0.2) is 5.69 Å². The summed E-state index contributed by atoms with van der Waals surface area (Å²) in [4.78, 5) is 33.3. The molecule has 0 saturated carbocycles. The van der Waals surface area contributed by atoms with E-state index in [9.17, 15) is 9.59 Å². The van der Waals surface area contributed by atoms with Crippen molar-refractivity contribution < 1.29 is 14.3 Å². The van der Waals surface area contributed by atoms with E-state index >= 15 is 0 Å². The molecule has 0 spiro atoms. The Morgan fingerprint density at radius 1 is 1.25 bits per heavy atom. The van der Waals surface area contributed by atoms with Gasteiger partial charge in [0.2, 0.25) is 0 Å². The second-order valence-electron chi connectivity index (χ2n) is 5.83. The summed E-state index contributed by atoms with van der Waals surface area (Å²) in [6, 6.07) is 5.50. The Balaban J connectivity index is 2.25. The van der Waals surface area contributed by atoms with Gasteiger partial charge in [-0.15, -0.1) is 0 Å². The number of carbonyl (C=O) groups excluding carboxylic acids is 2. The summed E-state index contributed by atoms with van der Waals surface area (Å²) in [7, 11) is 3.44. The maximum atomic E-state index is 12.2.